The van der Waals surface area contributed by atoms with Crippen LogP contribution >= 0.6 is 11.8 Å². The molecule has 0 saturated carbocycles. The van der Waals surface area contributed by atoms with Gasteiger partial charge in [-0.15, -0.1) is 0 Å². The van der Waals surface area contributed by atoms with Crippen molar-refractivity contribution < 1.29 is 0 Å². The van der Waals surface area contributed by atoms with Crippen LogP contribution in [0.25, 0.3) is 0 Å². The molecule has 1 aliphatic rings. The SMILES string of the molecule is CCNC1c2ccccc2C(C)CC1SCCC(C)C. The lowest BCUT2D eigenvalue weighted by Gasteiger charge is -2.37. The molecule has 0 bridgehead atoms. The minimum Gasteiger partial charge on any atom is -0.309 e. The highest BCUT2D eigenvalue weighted by Crippen LogP contribution is 2.42. The highest BCUT2D eigenvalue weighted by Gasteiger charge is 2.32. The largest absolute Gasteiger partial charge is 0.309 e. The van der Waals surface area contributed by atoms with Gasteiger partial charge in [-0.3, -0.25) is 0 Å². The summed E-state index contributed by atoms with van der Waals surface area (Å²) in [5, 5.41) is 4.45. The first kappa shape index (κ1) is 15.9. The van der Waals surface area contributed by atoms with Crippen molar-refractivity contribution in [2.24, 2.45) is 5.92 Å². The fourth-order valence-corrected chi connectivity index (χ4v) is 4.91. The van der Waals surface area contributed by atoms with Crippen molar-refractivity contribution in [3.05, 3.63) is 35.4 Å². The second-order valence-electron chi connectivity index (χ2n) is 6.39. The number of fused-ring (bicyclic) bond motifs is 1. The van der Waals surface area contributed by atoms with Gasteiger partial charge in [0.05, 0.1) is 0 Å². The highest BCUT2D eigenvalue weighted by atomic mass is 32.2. The number of benzene rings is 1. The number of thioether (sulfide) groups is 1. The van der Waals surface area contributed by atoms with E-state index < -0.39 is 0 Å². The van der Waals surface area contributed by atoms with E-state index in [1.165, 1.54) is 24.2 Å². The summed E-state index contributed by atoms with van der Waals surface area (Å²) in [4.78, 5) is 0. The third-order valence-electron chi connectivity index (χ3n) is 4.27. The van der Waals surface area contributed by atoms with Crippen LogP contribution in [0, 0.1) is 5.92 Å². The number of hydrogen-bond acceptors (Lipinski definition) is 2. The molecule has 3 atom stereocenters. The summed E-state index contributed by atoms with van der Waals surface area (Å²) in [5.74, 6) is 2.80. The van der Waals surface area contributed by atoms with Gasteiger partial charge in [-0.2, -0.15) is 11.8 Å². The molecule has 1 N–H and O–H groups in total. The Morgan fingerprint density at radius 2 is 1.95 bits per heavy atom. The highest BCUT2D eigenvalue weighted by molar-refractivity contribution is 7.99. The molecule has 0 aromatic heterocycles. The monoisotopic (exact) mass is 291 g/mol. The van der Waals surface area contributed by atoms with Gasteiger partial charge in [0.25, 0.3) is 0 Å². The number of rotatable bonds is 6. The Balaban J connectivity index is 2.12. The van der Waals surface area contributed by atoms with Gasteiger partial charge in [-0.05, 0) is 48.1 Å². The molecule has 0 heterocycles. The Morgan fingerprint density at radius 3 is 2.60 bits per heavy atom. The zero-order valence-electron chi connectivity index (χ0n) is 13.4. The zero-order valence-corrected chi connectivity index (χ0v) is 14.2. The summed E-state index contributed by atoms with van der Waals surface area (Å²) >= 11 is 2.18. The Morgan fingerprint density at radius 1 is 1.25 bits per heavy atom. The van der Waals surface area contributed by atoms with Gasteiger partial charge in [-0.25, -0.2) is 0 Å². The molecule has 1 aromatic rings. The third kappa shape index (κ3) is 3.79. The predicted molar refractivity (Wildman–Crippen MR) is 91.6 cm³/mol. The minimum absolute atomic E-state index is 0.532. The molecule has 0 amide bonds. The Hall–Kier alpha value is -0.470. The van der Waals surface area contributed by atoms with E-state index in [0.29, 0.717) is 12.0 Å². The molecule has 1 aliphatic carbocycles. The van der Waals surface area contributed by atoms with Crippen LogP contribution in [0.2, 0.25) is 0 Å². The second kappa shape index (κ2) is 7.51. The fraction of sp³-hybridized carbons (Fsp3) is 0.667. The first-order valence-electron chi connectivity index (χ1n) is 8.07. The van der Waals surface area contributed by atoms with Crippen LogP contribution in [-0.2, 0) is 0 Å². The van der Waals surface area contributed by atoms with E-state index in [2.05, 4.69) is 69.0 Å². The van der Waals surface area contributed by atoms with Crippen LogP contribution in [-0.4, -0.2) is 17.5 Å². The van der Waals surface area contributed by atoms with Crippen molar-refractivity contribution in [2.75, 3.05) is 12.3 Å². The molecule has 1 aromatic carbocycles. The van der Waals surface area contributed by atoms with Crippen LogP contribution in [0.5, 0.6) is 0 Å². The molecular weight excluding hydrogens is 262 g/mol. The van der Waals surface area contributed by atoms with Crippen LogP contribution in [0.3, 0.4) is 0 Å². The summed E-state index contributed by atoms with van der Waals surface area (Å²) in [7, 11) is 0. The minimum atomic E-state index is 0.532. The fourth-order valence-electron chi connectivity index (χ4n) is 3.14. The van der Waals surface area contributed by atoms with E-state index in [0.717, 1.165) is 17.7 Å². The molecular formula is C18H29NS. The normalized spacial score (nSPS) is 25.8. The summed E-state index contributed by atoms with van der Waals surface area (Å²) < 4.78 is 0. The summed E-state index contributed by atoms with van der Waals surface area (Å²) in [6, 6.07) is 9.56. The van der Waals surface area contributed by atoms with E-state index in [9.17, 15) is 0 Å². The molecule has 2 heteroatoms. The molecule has 0 radical (unpaired) electrons. The van der Waals surface area contributed by atoms with Crippen molar-refractivity contribution in [3.63, 3.8) is 0 Å². The van der Waals surface area contributed by atoms with E-state index in [4.69, 9.17) is 0 Å². The molecule has 3 unspecified atom stereocenters. The van der Waals surface area contributed by atoms with Gasteiger partial charge in [0.2, 0.25) is 0 Å². The van der Waals surface area contributed by atoms with E-state index >= 15 is 0 Å². The maximum absolute atomic E-state index is 3.73. The van der Waals surface area contributed by atoms with Crippen LogP contribution in [0.4, 0.5) is 0 Å². The zero-order chi connectivity index (χ0) is 14.5. The van der Waals surface area contributed by atoms with Crippen molar-refractivity contribution in [1.82, 2.24) is 5.32 Å². The van der Waals surface area contributed by atoms with Crippen LogP contribution in [0.1, 0.15) is 63.6 Å². The Labute approximate surface area is 128 Å². The molecule has 20 heavy (non-hydrogen) atoms. The van der Waals surface area contributed by atoms with Crippen molar-refractivity contribution in [1.29, 1.82) is 0 Å². The molecule has 2 rings (SSSR count). The molecule has 1 nitrogen and oxygen atoms in total. The molecule has 0 spiro atoms. The first-order valence-corrected chi connectivity index (χ1v) is 9.12. The Bertz CT molecular complexity index is 416. The van der Waals surface area contributed by atoms with E-state index in [-0.39, 0.29) is 0 Å². The lowest BCUT2D eigenvalue weighted by Crippen LogP contribution is -2.35. The number of nitrogens with one attached hydrogen (secondary N) is 1. The lowest BCUT2D eigenvalue weighted by atomic mass is 9.80. The maximum atomic E-state index is 3.73. The maximum Gasteiger partial charge on any atom is 0.0443 e. The van der Waals surface area contributed by atoms with Crippen molar-refractivity contribution in [3.8, 4) is 0 Å². The van der Waals surface area contributed by atoms with Crippen LogP contribution in [0.15, 0.2) is 24.3 Å². The number of hydrogen-bond donors (Lipinski definition) is 1. The molecule has 0 aliphatic heterocycles. The van der Waals surface area contributed by atoms with Gasteiger partial charge < -0.3 is 5.32 Å². The van der Waals surface area contributed by atoms with Crippen molar-refractivity contribution in [2.45, 2.75) is 57.7 Å². The standard InChI is InChI=1S/C18H29NS/c1-5-19-18-16-9-7-6-8-15(16)14(4)12-17(18)20-11-10-13(2)3/h6-9,13-14,17-19H,5,10-12H2,1-4H3. The molecule has 0 saturated heterocycles. The average Bonchev–Trinajstić information content (AvgIpc) is 2.42. The quantitative estimate of drug-likeness (QED) is 0.792. The summed E-state index contributed by atoms with van der Waals surface area (Å²) in [5.41, 5.74) is 3.09. The summed E-state index contributed by atoms with van der Waals surface area (Å²) in [6.07, 6.45) is 2.63. The first-order chi connectivity index (χ1) is 9.63. The lowest BCUT2D eigenvalue weighted by molar-refractivity contribution is 0.453. The third-order valence-corrected chi connectivity index (χ3v) is 5.63. The van der Waals surface area contributed by atoms with Crippen molar-refractivity contribution >= 4 is 11.8 Å². The molecule has 0 fully saturated rings. The van der Waals surface area contributed by atoms with Gasteiger partial charge >= 0.3 is 0 Å². The van der Waals surface area contributed by atoms with Gasteiger partial charge in [-0.1, -0.05) is 52.0 Å². The summed E-state index contributed by atoms with van der Waals surface area (Å²) in [6.45, 7) is 10.3. The Kier molecular flexibility index (Phi) is 5.98. The average molecular weight is 292 g/mol. The van der Waals surface area contributed by atoms with Gasteiger partial charge in [0, 0.05) is 11.3 Å². The molecule has 112 valence electrons. The smallest absolute Gasteiger partial charge is 0.0443 e. The topological polar surface area (TPSA) is 12.0 Å². The van der Waals surface area contributed by atoms with E-state index in [1.807, 2.05) is 0 Å². The predicted octanol–water partition coefficient (Wildman–Crippen LogP) is 4.99. The van der Waals surface area contributed by atoms with Gasteiger partial charge in [0.15, 0.2) is 0 Å². The van der Waals surface area contributed by atoms with Gasteiger partial charge in [0.1, 0.15) is 0 Å². The van der Waals surface area contributed by atoms with Crippen LogP contribution < -0.4 is 5.32 Å². The van der Waals surface area contributed by atoms with E-state index in [1.54, 1.807) is 5.56 Å². The second-order valence-corrected chi connectivity index (χ2v) is 7.74.